The van der Waals surface area contributed by atoms with Crippen LogP contribution in [0.5, 0.6) is 5.75 Å². The van der Waals surface area contributed by atoms with Gasteiger partial charge < -0.3 is 10.1 Å². The summed E-state index contributed by atoms with van der Waals surface area (Å²) >= 11 is 7.03. The van der Waals surface area contributed by atoms with Crippen molar-refractivity contribution in [1.82, 2.24) is 9.62 Å². The van der Waals surface area contributed by atoms with E-state index in [2.05, 4.69) is 5.32 Å². The highest BCUT2D eigenvalue weighted by atomic mass is 35.5. The molecule has 146 valence electrons. The standard InChI is InChI=1S/C18H21ClN2O4S2/c19-15-3-5-16(6-4-15)25-12-9-20-18(22)14-7-10-21(11-8-14)27(23,24)17-2-1-13-26-17/h1-6,13-14H,7-12H2,(H,20,22). The van der Waals surface area contributed by atoms with Crippen LogP contribution in [0.1, 0.15) is 12.8 Å². The smallest absolute Gasteiger partial charge is 0.252 e. The van der Waals surface area contributed by atoms with Gasteiger partial charge in [0.25, 0.3) is 10.0 Å². The summed E-state index contributed by atoms with van der Waals surface area (Å²) in [7, 11) is -3.43. The number of piperidine rings is 1. The molecule has 1 aromatic heterocycles. The Morgan fingerprint density at radius 1 is 1.22 bits per heavy atom. The normalized spacial score (nSPS) is 16.2. The molecule has 1 aromatic carbocycles. The lowest BCUT2D eigenvalue weighted by Gasteiger charge is -2.30. The minimum Gasteiger partial charge on any atom is -0.492 e. The van der Waals surface area contributed by atoms with Gasteiger partial charge in [0.2, 0.25) is 5.91 Å². The van der Waals surface area contributed by atoms with Crippen LogP contribution < -0.4 is 10.1 Å². The van der Waals surface area contributed by atoms with Gasteiger partial charge in [-0.15, -0.1) is 11.3 Å². The zero-order valence-corrected chi connectivity index (χ0v) is 17.0. The van der Waals surface area contributed by atoms with Crippen molar-refractivity contribution in [3.8, 4) is 5.75 Å². The van der Waals surface area contributed by atoms with Gasteiger partial charge in [-0.2, -0.15) is 4.31 Å². The quantitative estimate of drug-likeness (QED) is 0.688. The number of halogens is 1. The molecule has 0 saturated carbocycles. The number of hydrogen-bond donors (Lipinski definition) is 1. The Balaban J connectivity index is 1.40. The predicted octanol–water partition coefficient (Wildman–Crippen LogP) is 3.00. The van der Waals surface area contributed by atoms with Crippen molar-refractivity contribution in [2.24, 2.45) is 5.92 Å². The van der Waals surface area contributed by atoms with E-state index in [9.17, 15) is 13.2 Å². The van der Waals surface area contributed by atoms with Gasteiger partial charge in [0, 0.05) is 24.0 Å². The predicted molar refractivity (Wildman–Crippen MR) is 106 cm³/mol. The molecule has 0 bridgehead atoms. The average Bonchev–Trinajstić information content (AvgIpc) is 3.22. The maximum Gasteiger partial charge on any atom is 0.252 e. The first-order valence-electron chi connectivity index (χ1n) is 8.66. The van der Waals surface area contributed by atoms with Crippen LogP contribution in [-0.2, 0) is 14.8 Å². The molecule has 0 atom stereocenters. The molecule has 6 nitrogen and oxygen atoms in total. The van der Waals surface area contributed by atoms with E-state index < -0.39 is 10.0 Å². The summed E-state index contributed by atoms with van der Waals surface area (Å²) in [6.45, 7) is 1.48. The van der Waals surface area contributed by atoms with Crippen molar-refractivity contribution in [2.45, 2.75) is 17.1 Å². The molecule has 3 rings (SSSR count). The highest BCUT2D eigenvalue weighted by Gasteiger charge is 2.32. The van der Waals surface area contributed by atoms with Crippen molar-refractivity contribution >= 4 is 38.9 Å². The van der Waals surface area contributed by atoms with Crippen LogP contribution in [0.2, 0.25) is 5.02 Å². The second kappa shape index (κ2) is 9.05. The van der Waals surface area contributed by atoms with Gasteiger partial charge >= 0.3 is 0 Å². The van der Waals surface area contributed by atoms with Gasteiger partial charge in [-0.05, 0) is 48.6 Å². The summed E-state index contributed by atoms with van der Waals surface area (Å²) in [5, 5.41) is 5.25. The Kier molecular flexibility index (Phi) is 6.75. The molecule has 0 spiro atoms. The molecule has 1 N–H and O–H groups in total. The van der Waals surface area contributed by atoms with Crippen LogP contribution in [0.3, 0.4) is 0 Å². The first-order chi connectivity index (χ1) is 13.0. The third-order valence-electron chi connectivity index (χ3n) is 4.40. The number of nitrogens with one attached hydrogen (secondary N) is 1. The Morgan fingerprint density at radius 2 is 1.93 bits per heavy atom. The fourth-order valence-corrected chi connectivity index (χ4v) is 5.65. The number of hydrogen-bond acceptors (Lipinski definition) is 5. The molecule has 0 unspecified atom stereocenters. The number of carbonyl (C=O) groups is 1. The highest BCUT2D eigenvalue weighted by Crippen LogP contribution is 2.26. The molecule has 0 aliphatic carbocycles. The summed E-state index contributed by atoms with van der Waals surface area (Å²) in [6.07, 6.45) is 1.04. The second-order valence-electron chi connectivity index (χ2n) is 6.20. The molecule has 2 aromatic rings. The lowest BCUT2D eigenvalue weighted by atomic mass is 9.97. The molecule has 0 radical (unpaired) electrons. The van der Waals surface area contributed by atoms with Crippen LogP contribution in [0.25, 0.3) is 0 Å². The number of amides is 1. The number of sulfonamides is 1. The first kappa shape index (κ1) is 20.1. The molecule has 1 amide bonds. The molecule has 27 heavy (non-hydrogen) atoms. The molecule has 1 aliphatic heterocycles. The van der Waals surface area contributed by atoms with Crippen LogP contribution in [0.4, 0.5) is 0 Å². The van der Waals surface area contributed by atoms with Crippen molar-refractivity contribution in [3.63, 3.8) is 0 Å². The van der Waals surface area contributed by atoms with Crippen molar-refractivity contribution in [3.05, 3.63) is 46.8 Å². The molecule has 1 saturated heterocycles. The average molecular weight is 429 g/mol. The van der Waals surface area contributed by atoms with Crippen LogP contribution in [0, 0.1) is 5.92 Å². The van der Waals surface area contributed by atoms with Crippen LogP contribution in [0.15, 0.2) is 46.0 Å². The second-order valence-corrected chi connectivity index (χ2v) is 9.75. The number of nitrogens with zero attached hydrogens (tertiary/aromatic N) is 1. The van der Waals surface area contributed by atoms with Gasteiger partial charge in [-0.1, -0.05) is 17.7 Å². The van der Waals surface area contributed by atoms with Gasteiger partial charge in [0.15, 0.2) is 0 Å². The SMILES string of the molecule is O=C(NCCOc1ccc(Cl)cc1)C1CCN(S(=O)(=O)c2cccs2)CC1. The number of carbonyl (C=O) groups excluding carboxylic acids is 1. The highest BCUT2D eigenvalue weighted by molar-refractivity contribution is 7.91. The van der Waals surface area contributed by atoms with E-state index in [0.29, 0.717) is 54.1 Å². The van der Waals surface area contributed by atoms with E-state index in [4.69, 9.17) is 16.3 Å². The zero-order chi connectivity index (χ0) is 19.3. The Bertz CT molecular complexity index is 846. The fraction of sp³-hybridized carbons (Fsp3) is 0.389. The van der Waals surface area contributed by atoms with Crippen molar-refractivity contribution in [2.75, 3.05) is 26.2 Å². The molecule has 1 aliphatic rings. The lowest BCUT2D eigenvalue weighted by Crippen LogP contribution is -2.43. The van der Waals surface area contributed by atoms with E-state index in [1.165, 1.54) is 15.6 Å². The summed E-state index contributed by atoms with van der Waals surface area (Å²) in [6, 6.07) is 10.4. The van der Waals surface area contributed by atoms with Crippen LogP contribution >= 0.6 is 22.9 Å². The van der Waals surface area contributed by atoms with E-state index in [-0.39, 0.29) is 11.8 Å². The lowest BCUT2D eigenvalue weighted by molar-refractivity contribution is -0.126. The first-order valence-corrected chi connectivity index (χ1v) is 11.4. The van der Waals surface area contributed by atoms with Gasteiger partial charge in [0.05, 0.1) is 6.54 Å². The number of ether oxygens (including phenoxy) is 1. The van der Waals surface area contributed by atoms with Crippen LogP contribution in [-0.4, -0.2) is 44.9 Å². The monoisotopic (exact) mass is 428 g/mol. The van der Waals surface area contributed by atoms with E-state index in [0.717, 1.165) is 0 Å². The molecular formula is C18H21ClN2O4S2. The molecule has 1 fully saturated rings. The minimum absolute atomic E-state index is 0.0529. The largest absolute Gasteiger partial charge is 0.492 e. The van der Waals surface area contributed by atoms with E-state index >= 15 is 0 Å². The topological polar surface area (TPSA) is 75.7 Å². The van der Waals surface area contributed by atoms with Crippen molar-refractivity contribution in [1.29, 1.82) is 0 Å². The van der Waals surface area contributed by atoms with Gasteiger partial charge in [-0.3, -0.25) is 4.79 Å². The Hall–Kier alpha value is -1.61. The van der Waals surface area contributed by atoms with E-state index in [1.54, 1.807) is 41.8 Å². The third kappa shape index (κ3) is 5.22. The summed E-state index contributed by atoms with van der Waals surface area (Å²) in [4.78, 5) is 12.3. The van der Waals surface area contributed by atoms with Gasteiger partial charge in [0.1, 0.15) is 16.6 Å². The Labute approximate surface area is 168 Å². The van der Waals surface area contributed by atoms with Crippen molar-refractivity contribution < 1.29 is 17.9 Å². The zero-order valence-electron chi connectivity index (χ0n) is 14.6. The third-order valence-corrected chi connectivity index (χ3v) is 7.92. The minimum atomic E-state index is -3.43. The molecule has 2 heterocycles. The maximum absolute atomic E-state index is 12.5. The molecular weight excluding hydrogens is 408 g/mol. The van der Waals surface area contributed by atoms with Gasteiger partial charge in [-0.25, -0.2) is 8.42 Å². The Morgan fingerprint density at radius 3 is 2.56 bits per heavy atom. The number of thiophene rings is 1. The summed E-state index contributed by atoms with van der Waals surface area (Å²) in [5.41, 5.74) is 0. The summed E-state index contributed by atoms with van der Waals surface area (Å²) in [5.74, 6) is 0.471. The fourth-order valence-electron chi connectivity index (χ4n) is 2.91. The van der Waals surface area contributed by atoms with E-state index in [1.807, 2.05) is 0 Å². The number of benzene rings is 1. The number of rotatable bonds is 7. The maximum atomic E-state index is 12.5. The summed E-state index contributed by atoms with van der Waals surface area (Å²) < 4.78 is 32.4. The molecule has 9 heteroatoms.